The molecule has 0 saturated heterocycles. The van der Waals surface area contributed by atoms with Crippen molar-refractivity contribution < 1.29 is 17.9 Å². The first-order valence-electron chi connectivity index (χ1n) is 6.83. The molecule has 0 aliphatic carbocycles. The van der Waals surface area contributed by atoms with E-state index in [1.54, 1.807) is 24.5 Å². The Morgan fingerprint density at radius 3 is 2.39 bits per heavy atom. The van der Waals surface area contributed by atoms with Crippen molar-refractivity contribution in [1.29, 1.82) is 0 Å². The van der Waals surface area contributed by atoms with Gasteiger partial charge in [0.1, 0.15) is 5.75 Å². The largest absolute Gasteiger partial charge is 0.484 e. The number of aromatic nitrogens is 1. The summed E-state index contributed by atoms with van der Waals surface area (Å²) in [6.07, 6.45) is 3.20. The van der Waals surface area contributed by atoms with Crippen LogP contribution in [0.3, 0.4) is 0 Å². The van der Waals surface area contributed by atoms with Crippen LogP contribution in [0.5, 0.6) is 5.75 Å². The van der Waals surface area contributed by atoms with Gasteiger partial charge in [0.05, 0.1) is 4.90 Å². The fourth-order valence-electron chi connectivity index (χ4n) is 1.70. The minimum absolute atomic E-state index is 0.122. The number of benzene rings is 1. The highest BCUT2D eigenvalue weighted by Crippen LogP contribution is 2.16. The van der Waals surface area contributed by atoms with Gasteiger partial charge in [-0.1, -0.05) is 0 Å². The molecule has 0 unspecified atom stereocenters. The van der Waals surface area contributed by atoms with Crippen LogP contribution in [-0.2, 0) is 21.4 Å². The highest BCUT2D eigenvalue weighted by atomic mass is 32.2. The molecule has 1 heterocycles. The number of ether oxygens (including phenoxy) is 1. The topological polar surface area (TPSA) is 97.4 Å². The van der Waals surface area contributed by atoms with E-state index in [1.165, 1.54) is 31.3 Å². The molecule has 0 fully saturated rings. The third-order valence-corrected chi connectivity index (χ3v) is 4.42. The molecule has 8 heteroatoms. The van der Waals surface area contributed by atoms with E-state index in [1.807, 2.05) is 0 Å². The zero-order chi connectivity index (χ0) is 16.7. The number of pyridine rings is 1. The van der Waals surface area contributed by atoms with Gasteiger partial charge in [0.15, 0.2) is 6.61 Å². The lowest BCUT2D eigenvalue weighted by Crippen LogP contribution is -2.25. The summed E-state index contributed by atoms with van der Waals surface area (Å²) < 4.78 is 32.1. The van der Waals surface area contributed by atoms with Crippen LogP contribution in [0.25, 0.3) is 0 Å². The minimum atomic E-state index is -3.62. The SMILES string of the molecule is CNC(=O)COc1ccc(S(=O)(=O)NCc2ccncc2)cc1. The smallest absolute Gasteiger partial charge is 0.257 e. The van der Waals surface area contributed by atoms with Crippen LogP contribution in [0.4, 0.5) is 0 Å². The van der Waals surface area contributed by atoms with Crippen LogP contribution in [0.15, 0.2) is 53.7 Å². The fourth-order valence-corrected chi connectivity index (χ4v) is 2.72. The Kier molecular flexibility index (Phi) is 5.67. The number of rotatable bonds is 7. The Morgan fingerprint density at radius 2 is 1.78 bits per heavy atom. The predicted octanol–water partition coefficient (Wildman–Crippen LogP) is 0.685. The van der Waals surface area contributed by atoms with Gasteiger partial charge in [-0.05, 0) is 42.0 Å². The van der Waals surface area contributed by atoms with Crippen molar-refractivity contribution in [3.8, 4) is 5.75 Å². The van der Waals surface area contributed by atoms with E-state index in [0.29, 0.717) is 5.75 Å². The third-order valence-electron chi connectivity index (χ3n) is 3.00. The van der Waals surface area contributed by atoms with Crippen molar-refractivity contribution in [2.45, 2.75) is 11.4 Å². The normalized spacial score (nSPS) is 11.0. The van der Waals surface area contributed by atoms with Gasteiger partial charge in [-0.15, -0.1) is 0 Å². The molecule has 2 N–H and O–H groups in total. The maximum Gasteiger partial charge on any atom is 0.257 e. The molecule has 7 nitrogen and oxygen atoms in total. The minimum Gasteiger partial charge on any atom is -0.484 e. The molecule has 0 saturated carbocycles. The zero-order valence-electron chi connectivity index (χ0n) is 12.5. The second kappa shape index (κ2) is 7.70. The third kappa shape index (κ3) is 5.04. The molecule has 1 aromatic carbocycles. The number of carbonyl (C=O) groups is 1. The summed E-state index contributed by atoms with van der Waals surface area (Å²) in [7, 11) is -2.11. The Labute approximate surface area is 134 Å². The van der Waals surface area contributed by atoms with E-state index in [4.69, 9.17) is 4.74 Å². The van der Waals surface area contributed by atoms with Crippen molar-refractivity contribution in [2.75, 3.05) is 13.7 Å². The number of nitrogens with one attached hydrogen (secondary N) is 2. The van der Waals surface area contributed by atoms with Gasteiger partial charge < -0.3 is 10.1 Å². The standard InChI is InChI=1S/C15H17N3O4S/c1-16-15(19)11-22-13-2-4-14(5-3-13)23(20,21)18-10-12-6-8-17-9-7-12/h2-9,18H,10-11H2,1H3,(H,16,19). The molecule has 0 bridgehead atoms. The summed E-state index contributed by atoms with van der Waals surface area (Å²) in [6.45, 7) is 0.0582. The number of sulfonamides is 1. The van der Waals surface area contributed by atoms with Crippen LogP contribution >= 0.6 is 0 Å². The highest BCUT2D eigenvalue weighted by molar-refractivity contribution is 7.89. The van der Waals surface area contributed by atoms with Crippen molar-refractivity contribution in [3.63, 3.8) is 0 Å². The maximum atomic E-state index is 12.2. The van der Waals surface area contributed by atoms with Crippen molar-refractivity contribution in [2.24, 2.45) is 0 Å². The van der Waals surface area contributed by atoms with Gasteiger partial charge in [0.25, 0.3) is 5.91 Å². The molecule has 0 aliphatic rings. The first kappa shape index (κ1) is 16.9. The second-order valence-electron chi connectivity index (χ2n) is 4.61. The average molecular weight is 335 g/mol. The zero-order valence-corrected chi connectivity index (χ0v) is 13.3. The van der Waals surface area contributed by atoms with E-state index in [9.17, 15) is 13.2 Å². The molecule has 0 atom stereocenters. The second-order valence-corrected chi connectivity index (χ2v) is 6.38. The first-order valence-corrected chi connectivity index (χ1v) is 8.31. The monoisotopic (exact) mass is 335 g/mol. The Hall–Kier alpha value is -2.45. The first-order chi connectivity index (χ1) is 11.0. The molecular formula is C15H17N3O4S. The maximum absolute atomic E-state index is 12.2. The van der Waals surface area contributed by atoms with Gasteiger partial charge in [-0.3, -0.25) is 9.78 Å². The number of hydrogen-bond donors (Lipinski definition) is 2. The Morgan fingerprint density at radius 1 is 1.13 bits per heavy atom. The molecular weight excluding hydrogens is 318 g/mol. The molecule has 0 spiro atoms. The van der Waals surface area contributed by atoms with Gasteiger partial charge >= 0.3 is 0 Å². The van der Waals surface area contributed by atoms with Crippen molar-refractivity contribution >= 4 is 15.9 Å². The van der Waals surface area contributed by atoms with E-state index < -0.39 is 10.0 Å². The number of nitrogens with zero attached hydrogens (tertiary/aromatic N) is 1. The quantitative estimate of drug-likeness (QED) is 0.776. The van der Waals surface area contributed by atoms with Gasteiger partial charge in [-0.2, -0.15) is 0 Å². The molecule has 2 aromatic rings. The summed E-state index contributed by atoms with van der Waals surface area (Å²) in [5, 5.41) is 2.43. The highest BCUT2D eigenvalue weighted by Gasteiger charge is 2.13. The van der Waals surface area contributed by atoms with E-state index >= 15 is 0 Å². The lowest BCUT2D eigenvalue weighted by molar-refractivity contribution is -0.122. The molecule has 0 radical (unpaired) electrons. The number of carbonyl (C=O) groups excluding carboxylic acids is 1. The molecule has 23 heavy (non-hydrogen) atoms. The van der Waals surface area contributed by atoms with Crippen molar-refractivity contribution in [3.05, 3.63) is 54.4 Å². The Bertz CT molecular complexity index is 746. The number of amides is 1. The van der Waals surface area contributed by atoms with Crippen LogP contribution < -0.4 is 14.8 Å². The summed E-state index contributed by atoms with van der Waals surface area (Å²) in [4.78, 5) is 15.1. The Balaban J connectivity index is 1.98. The lowest BCUT2D eigenvalue weighted by atomic mass is 10.3. The summed E-state index contributed by atoms with van der Waals surface area (Å²) in [6, 6.07) is 9.33. The average Bonchev–Trinajstić information content (AvgIpc) is 2.59. The van der Waals surface area contributed by atoms with Crippen LogP contribution in [0.1, 0.15) is 5.56 Å². The van der Waals surface area contributed by atoms with Gasteiger partial charge in [0, 0.05) is 26.0 Å². The van der Waals surface area contributed by atoms with E-state index in [-0.39, 0.29) is 24.0 Å². The summed E-state index contributed by atoms with van der Waals surface area (Å²) in [5.41, 5.74) is 0.814. The van der Waals surface area contributed by atoms with E-state index in [0.717, 1.165) is 5.56 Å². The van der Waals surface area contributed by atoms with Crippen LogP contribution in [0.2, 0.25) is 0 Å². The fraction of sp³-hybridized carbons (Fsp3) is 0.200. The summed E-state index contributed by atoms with van der Waals surface area (Å²) in [5.74, 6) is 0.155. The van der Waals surface area contributed by atoms with Gasteiger partial charge in [0.2, 0.25) is 10.0 Å². The number of likely N-dealkylation sites (N-methyl/N-ethyl adjacent to an activating group) is 1. The predicted molar refractivity (Wildman–Crippen MR) is 84.3 cm³/mol. The molecule has 1 amide bonds. The molecule has 0 aliphatic heterocycles. The van der Waals surface area contributed by atoms with Crippen molar-refractivity contribution in [1.82, 2.24) is 15.0 Å². The lowest BCUT2D eigenvalue weighted by Gasteiger charge is -2.08. The van der Waals surface area contributed by atoms with Crippen LogP contribution in [0, 0.1) is 0 Å². The summed E-state index contributed by atoms with van der Waals surface area (Å²) >= 11 is 0. The molecule has 2 rings (SSSR count). The number of hydrogen-bond acceptors (Lipinski definition) is 5. The van der Waals surface area contributed by atoms with Gasteiger partial charge in [-0.25, -0.2) is 13.1 Å². The van der Waals surface area contributed by atoms with Crippen LogP contribution in [-0.4, -0.2) is 33.0 Å². The van der Waals surface area contributed by atoms with E-state index in [2.05, 4.69) is 15.0 Å². The molecule has 1 aromatic heterocycles. The molecule has 122 valence electrons.